The van der Waals surface area contributed by atoms with Gasteiger partial charge in [0, 0.05) is 11.6 Å². The van der Waals surface area contributed by atoms with Gasteiger partial charge in [-0.15, -0.1) is 0 Å². The highest BCUT2D eigenvalue weighted by molar-refractivity contribution is 7.99. The highest BCUT2D eigenvalue weighted by Gasteiger charge is 2.18. The van der Waals surface area contributed by atoms with E-state index >= 15 is 0 Å². The third-order valence-electron chi connectivity index (χ3n) is 4.49. The SMILES string of the molecule is CC(C)c1ccccc1-n1c(SCC(=O)NCCC#N)nc2cc(Cl)ccc2c1=O. The molecule has 1 heterocycles. The molecule has 1 aromatic heterocycles. The summed E-state index contributed by atoms with van der Waals surface area (Å²) >= 11 is 7.28. The van der Waals surface area contributed by atoms with Crippen LogP contribution in [0.4, 0.5) is 0 Å². The number of nitrogens with one attached hydrogen (secondary N) is 1. The number of carbonyl (C=O) groups is 1. The Kier molecular flexibility index (Phi) is 7.14. The third-order valence-corrected chi connectivity index (χ3v) is 5.67. The van der Waals surface area contributed by atoms with Crippen molar-refractivity contribution in [3.8, 4) is 11.8 Å². The van der Waals surface area contributed by atoms with Crippen molar-refractivity contribution in [3.05, 3.63) is 63.4 Å². The summed E-state index contributed by atoms with van der Waals surface area (Å²) in [5.74, 6) is 0.0499. The van der Waals surface area contributed by atoms with E-state index in [1.54, 1.807) is 22.8 Å². The molecule has 0 aliphatic heterocycles. The zero-order valence-electron chi connectivity index (χ0n) is 16.7. The lowest BCUT2D eigenvalue weighted by Gasteiger charge is -2.18. The first kappa shape index (κ1) is 21.9. The maximum absolute atomic E-state index is 13.4. The van der Waals surface area contributed by atoms with Crippen molar-refractivity contribution < 1.29 is 4.79 Å². The highest BCUT2D eigenvalue weighted by atomic mass is 35.5. The number of nitrogens with zero attached hydrogens (tertiary/aromatic N) is 3. The largest absolute Gasteiger partial charge is 0.354 e. The molecule has 30 heavy (non-hydrogen) atoms. The number of hydrogen-bond acceptors (Lipinski definition) is 5. The molecule has 3 rings (SSSR count). The van der Waals surface area contributed by atoms with E-state index in [1.165, 1.54) is 11.8 Å². The smallest absolute Gasteiger partial charge is 0.266 e. The van der Waals surface area contributed by atoms with Crippen LogP contribution in [0.25, 0.3) is 16.6 Å². The summed E-state index contributed by atoms with van der Waals surface area (Å²) < 4.78 is 1.57. The van der Waals surface area contributed by atoms with Gasteiger partial charge in [0.1, 0.15) is 0 Å². The van der Waals surface area contributed by atoms with E-state index in [4.69, 9.17) is 16.9 Å². The topological polar surface area (TPSA) is 87.8 Å². The quantitative estimate of drug-likeness (QED) is 0.336. The van der Waals surface area contributed by atoms with Crippen molar-refractivity contribution >= 4 is 40.2 Å². The molecule has 0 bridgehead atoms. The van der Waals surface area contributed by atoms with Gasteiger partial charge in [0.15, 0.2) is 5.16 Å². The van der Waals surface area contributed by atoms with Crippen LogP contribution in [0.1, 0.15) is 31.7 Å². The van der Waals surface area contributed by atoms with Crippen LogP contribution in [0.5, 0.6) is 0 Å². The number of carbonyl (C=O) groups excluding carboxylic acids is 1. The number of thioether (sulfide) groups is 1. The van der Waals surface area contributed by atoms with Gasteiger partial charge >= 0.3 is 0 Å². The fraction of sp³-hybridized carbons (Fsp3) is 0.273. The fourth-order valence-electron chi connectivity index (χ4n) is 3.07. The van der Waals surface area contributed by atoms with E-state index in [-0.39, 0.29) is 29.6 Å². The summed E-state index contributed by atoms with van der Waals surface area (Å²) in [6.07, 6.45) is 0.246. The molecule has 3 aromatic rings. The zero-order chi connectivity index (χ0) is 21.7. The lowest BCUT2D eigenvalue weighted by Crippen LogP contribution is -2.27. The molecule has 0 atom stereocenters. The molecule has 0 radical (unpaired) electrons. The van der Waals surface area contributed by atoms with E-state index in [9.17, 15) is 9.59 Å². The van der Waals surface area contributed by atoms with Gasteiger partial charge < -0.3 is 5.32 Å². The Morgan fingerprint density at radius 3 is 2.80 bits per heavy atom. The Bertz CT molecular complexity index is 1180. The van der Waals surface area contributed by atoms with Crippen LogP contribution >= 0.6 is 23.4 Å². The van der Waals surface area contributed by atoms with Crippen molar-refractivity contribution in [2.75, 3.05) is 12.3 Å². The van der Waals surface area contributed by atoms with Crippen LogP contribution in [0.2, 0.25) is 5.02 Å². The molecule has 8 heteroatoms. The van der Waals surface area contributed by atoms with Gasteiger partial charge in [-0.3, -0.25) is 14.2 Å². The van der Waals surface area contributed by atoms with Crippen LogP contribution in [-0.2, 0) is 4.79 Å². The van der Waals surface area contributed by atoms with Gasteiger partial charge in [-0.1, -0.05) is 55.4 Å². The molecule has 0 aliphatic carbocycles. The van der Waals surface area contributed by atoms with Crippen LogP contribution in [-0.4, -0.2) is 27.8 Å². The van der Waals surface area contributed by atoms with E-state index in [1.807, 2.05) is 30.3 Å². The van der Waals surface area contributed by atoms with Crippen molar-refractivity contribution in [1.82, 2.24) is 14.9 Å². The summed E-state index contributed by atoms with van der Waals surface area (Å²) in [5, 5.41) is 12.7. The van der Waals surface area contributed by atoms with E-state index < -0.39 is 0 Å². The van der Waals surface area contributed by atoms with Gasteiger partial charge in [0.25, 0.3) is 5.56 Å². The van der Waals surface area contributed by atoms with Crippen LogP contribution < -0.4 is 10.9 Å². The van der Waals surface area contributed by atoms with Gasteiger partial charge in [-0.05, 0) is 35.7 Å². The fourth-order valence-corrected chi connectivity index (χ4v) is 4.07. The number of aromatic nitrogens is 2. The van der Waals surface area contributed by atoms with E-state index in [0.29, 0.717) is 27.6 Å². The Morgan fingerprint density at radius 2 is 2.07 bits per heavy atom. The van der Waals surface area contributed by atoms with Gasteiger partial charge in [0.05, 0.1) is 34.8 Å². The minimum absolute atomic E-state index is 0.0772. The molecule has 2 aromatic carbocycles. The molecular weight excluding hydrogens is 420 g/mol. The minimum Gasteiger partial charge on any atom is -0.354 e. The van der Waals surface area contributed by atoms with Crippen LogP contribution in [0.3, 0.4) is 0 Å². The predicted molar refractivity (Wildman–Crippen MR) is 120 cm³/mol. The second kappa shape index (κ2) is 9.79. The van der Waals surface area contributed by atoms with Crippen LogP contribution in [0, 0.1) is 11.3 Å². The number of rotatable bonds is 7. The average Bonchev–Trinajstić information content (AvgIpc) is 2.72. The molecule has 1 N–H and O–H groups in total. The number of amides is 1. The summed E-state index contributed by atoms with van der Waals surface area (Å²) in [6.45, 7) is 4.42. The predicted octanol–water partition coefficient (Wildman–Crippen LogP) is 4.28. The first-order valence-electron chi connectivity index (χ1n) is 9.50. The van der Waals surface area contributed by atoms with E-state index in [0.717, 1.165) is 11.3 Å². The molecule has 1 amide bonds. The molecule has 0 aliphatic rings. The third kappa shape index (κ3) is 4.84. The second-order valence-corrected chi connectivity index (χ2v) is 8.34. The Morgan fingerprint density at radius 1 is 1.30 bits per heavy atom. The summed E-state index contributed by atoms with van der Waals surface area (Å²) in [6, 6.07) is 14.7. The summed E-state index contributed by atoms with van der Waals surface area (Å²) in [5.41, 5.74) is 2.03. The van der Waals surface area contributed by atoms with Crippen molar-refractivity contribution in [3.63, 3.8) is 0 Å². The maximum atomic E-state index is 13.4. The molecule has 0 spiro atoms. The van der Waals surface area contributed by atoms with Crippen molar-refractivity contribution in [2.45, 2.75) is 31.3 Å². The first-order valence-corrected chi connectivity index (χ1v) is 10.9. The number of hydrogen-bond donors (Lipinski definition) is 1. The standard InChI is InChI=1S/C22H21ClN4O2S/c1-14(2)16-6-3-4-7-19(16)27-21(29)17-9-8-15(23)12-18(17)26-22(27)30-13-20(28)25-11-5-10-24/h3-4,6-9,12,14H,5,11,13H2,1-2H3,(H,25,28). The molecule has 154 valence electrons. The zero-order valence-corrected chi connectivity index (χ0v) is 18.3. The first-order chi connectivity index (χ1) is 14.4. The van der Waals surface area contributed by atoms with Crippen molar-refractivity contribution in [1.29, 1.82) is 5.26 Å². The monoisotopic (exact) mass is 440 g/mol. The second-order valence-electron chi connectivity index (χ2n) is 6.96. The summed E-state index contributed by atoms with van der Waals surface area (Å²) in [7, 11) is 0. The molecular formula is C22H21ClN4O2S. The Balaban J connectivity index is 2.10. The molecule has 6 nitrogen and oxygen atoms in total. The highest BCUT2D eigenvalue weighted by Crippen LogP contribution is 2.27. The normalized spacial score (nSPS) is 10.9. The lowest BCUT2D eigenvalue weighted by atomic mass is 10.0. The Labute approximate surface area is 183 Å². The number of nitriles is 1. The lowest BCUT2D eigenvalue weighted by molar-refractivity contribution is -0.118. The number of fused-ring (bicyclic) bond motifs is 1. The van der Waals surface area contributed by atoms with E-state index in [2.05, 4.69) is 24.1 Å². The van der Waals surface area contributed by atoms with Gasteiger partial charge in [-0.25, -0.2) is 4.98 Å². The molecule has 0 saturated heterocycles. The van der Waals surface area contributed by atoms with Gasteiger partial charge in [-0.2, -0.15) is 5.26 Å². The molecule has 0 unspecified atom stereocenters. The van der Waals surface area contributed by atoms with Crippen molar-refractivity contribution in [2.24, 2.45) is 0 Å². The Hall–Kier alpha value is -2.82. The minimum atomic E-state index is -0.223. The molecule has 0 saturated carbocycles. The summed E-state index contributed by atoms with van der Waals surface area (Å²) in [4.78, 5) is 30.2. The number of benzene rings is 2. The average molecular weight is 441 g/mol. The van der Waals surface area contributed by atoms with Gasteiger partial charge in [0.2, 0.25) is 5.91 Å². The number of para-hydroxylation sites is 1. The maximum Gasteiger partial charge on any atom is 0.266 e. The number of halogens is 1. The molecule has 0 fully saturated rings. The van der Waals surface area contributed by atoms with Crippen LogP contribution in [0.15, 0.2) is 52.4 Å².